The van der Waals surface area contributed by atoms with Crippen LogP contribution in [0, 0.1) is 10.1 Å². The number of hydrogen-bond donors (Lipinski definition) is 1. The fourth-order valence-electron chi connectivity index (χ4n) is 2.57. The molecule has 0 aliphatic rings. The third-order valence-electron chi connectivity index (χ3n) is 3.69. The Morgan fingerprint density at radius 2 is 2.08 bits per heavy atom. The van der Waals surface area contributed by atoms with E-state index >= 15 is 0 Å². The van der Waals surface area contributed by atoms with E-state index in [2.05, 4.69) is 15.9 Å². The van der Waals surface area contributed by atoms with Gasteiger partial charge in [0, 0.05) is 34.2 Å². The standard InChI is InChI=1S/C16H11BrClN3O3/c17-11-2-1-3-13-15(11)10(7-19)8-20(13)16(22)9-4-5-12(18)14(6-9)21(23)24/h1-6,8H,7,19H2. The molecule has 0 unspecified atom stereocenters. The van der Waals surface area contributed by atoms with Gasteiger partial charge in [0.15, 0.2) is 0 Å². The average molecular weight is 409 g/mol. The number of benzene rings is 2. The normalized spacial score (nSPS) is 11.0. The minimum atomic E-state index is -0.616. The van der Waals surface area contributed by atoms with Gasteiger partial charge in [0.25, 0.3) is 11.6 Å². The molecule has 0 spiro atoms. The van der Waals surface area contributed by atoms with Crippen LogP contribution in [0.4, 0.5) is 5.69 Å². The highest BCUT2D eigenvalue weighted by molar-refractivity contribution is 9.10. The molecule has 0 atom stereocenters. The molecule has 3 aromatic rings. The Hall–Kier alpha value is -2.22. The Morgan fingerprint density at radius 3 is 2.75 bits per heavy atom. The number of carbonyl (C=O) groups excluding carboxylic acids is 1. The molecule has 0 fully saturated rings. The van der Waals surface area contributed by atoms with Gasteiger partial charge in [-0.2, -0.15) is 0 Å². The Labute approximate surface area is 150 Å². The topological polar surface area (TPSA) is 91.2 Å². The smallest absolute Gasteiger partial charge is 0.288 e. The fraction of sp³-hybridized carbons (Fsp3) is 0.0625. The highest BCUT2D eigenvalue weighted by Crippen LogP contribution is 2.30. The van der Waals surface area contributed by atoms with Gasteiger partial charge < -0.3 is 5.73 Å². The van der Waals surface area contributed by atoms with Crippen LogP contribution in [-0.2, 0) is 6.54 Å². The number of rotatable bonds is 3. The lowest BCUT2D eigenvalue weighted by atomic mass is 10.1. The van der Waals surface area contributed by atoms with E-state index in [1.54, 1.807) is 18.3 Å². The summed E-state index contributed by atoms with van der Waals surface area (Å²) in [5, 5.41) is 11.9. The summed E-state index contributed by atoms with van der Waals surface area (Å²) in [6.07, 6.45) is 1.65. The monoisotopic (exact) mass is 407 g/mol. The SMILES string of the molecule is NCc1cn(C(=O)c2ccc(Cl)c([N+](=O)[O-])c2)c2cccc(Br)c12. The molecule has 0 radical (unpaired) electrons. The first-order valence-corrected chi connectivity index (χ1v) is 8.08. The Kier molecular flexibility index (Phi) is 4.40. The van der Waals surface area contributed by atoms with Gasteiger partial charge in [0.05, 0.1) is 10.4 Å². The van der Waals surface area contributed by atoms with E-state index in [-0.39, 0.29) is 22.8 Å². The fourth-order valence-corrected chi connectivity index (χ4v) is 3.37. The second-order valence-electron chi connectivity index (χ2n) is 5.09. The van der Waals surface area contributed by atoms with Gasteiger partial charge in [0.1, 0.15) is 5.02 Å². The highest BCUT2D eigenvalue weighted by Gasteiger charge is 2.20. The maximum atomic E-state index is 12.8. The Morgan fingerprint density at radius 1 is 1.33 bits per heavy atom. The van der Waals surface area contributed by atoms with E-state index in [9.17, 15) is 14.9 Å². The first-order chi connectivity index (χ1) is 11.4. The van der Waals surface area contributed by atoms with Crippen LogP contribution in [0.25, 0.3) is 10.9 Å². The molecule has 0 aliphatic heterocycles. The molecule has 3 rings (SSSR count). The van der Waals surface area contributed by atoms with Crippen molar-refractivity contribution in [1.29, 1.82) is 0 Å². The lowest BCUT2D eigenvalue weighted by molar-refractivity contribution is -0.384. The molecule has 0 aliphatic carbocycles. The molecular weight excluding hydrogens is 398 g/mol. The predicted octanol–water partition coefficient (Wildman–Crippen LogP) is 4.11. The second kappa shape index (κ2) is 6.35. The number of halogens is 2. The summed E-state index contributed by atoms with van der Waals surface area (Å²) in [6.45, 7) is 0.264. The third-order valence-corrected chi connectivity index (χ3v) is 4.67. The quantitative estimate of drug-likeness (QED) is 0.521. The van der Waals surface area contributed by atoms with Gasteiger partial charge in [-0.25, -0.2) is 0 Å². The summed E-state index contributed by atoms with van der Waals surface area (Å²) >= 11 is 9.26. The number of fused-ring (bicyclic) bond motifs is 1. The number of nitrogens with two attached hydrogens (primary N) is 1. The molecule has 6 nitrogen and oxygen atoms in total. The number of nitro benzene ring substituents is 1. The van der Waals surface area contributed by atoms with E-state index in [0.29, 0.717) is 5.52 Å². The Bertz CT molecular complexity index is 984. The van der Waals surface area contributed by atoms with Gasteiger partial charge in [-0.1, -0.05) is 33.6 Å². The molecule has 1 aromatic heterocycles. The van der Waals surface area contributed by atoms with Gasteiger partial charge in [-0.05, 0) is 29.8 Å². The minimum absolute atomic E-state index is 0.0145. The van der Waals surface area contributed by atoms with Gasteiger partial charge in [0.2, 0.25) is 0 Å². The zero-order chi connectivity index (χ0) is 17.4. The first kappa shape index (κ1) is 16.6. The maximum Gasteiger partial charge on any atom is 0.288 e. The minimum Gasteiger partial charge on any atom is -0.326 e. The van der Waals surface area contributed by atoms with Crippen molar-refractivity contribution < 1.29 is 9.72 Å². The molecule has 0 amide bonds. The van der Waals surface area contributed by atoms with Crippen molar-refractivity contribution in [2.45, 2.75) is 6.54 Å². The van der Waals surface area contributed by atoms with Crippen LogP contribution in [0.2, 0.25) is 5.02 Å². The summed E-state index contributed by atoms with van der Waals surface area (Å²) in [5.41, 5.74) is 7.11. The summed E-state index contributed by atoms with van der Waals surface area (Å²) in [4.78, 5) is 23.2. The van der Waals surface area contributed by atoms with Crippen LogP contribution in [0.5, 0.6) is 0 Å². The van der Waals surface area contributed by atoms with Crippen molar-refractivity contribution in [2.24, 2.45) is 5.73 Å². The van der Waals surface area contributed by atoms with E-state index < -0.39 is 10.8 Å². The Balaban J connectivity index is 2.18. The number of nitrogens with zero attached hydrogens (tertiary/aromatic N) is 2. The zero-order valence-electron chi connectivity index (χ0n) is 12.2. The molecule has 0 saturated heterocycles. The van der Waals surface area contributed by atoms with Crippen LogP contribution in [0.15, 0.2) is 47.1 Å². The van der Waals surface area contributed by atoms with Crippen LogP contribution >= 0.6 is 27.5 Å². The summed E-state index contributed by atoms with van der Waals surface area (Å²) < 4.78 is 2.27. The van der Waals surface area contributed by atoms with E-state index in [4.69, 9.17) is 17.3 Å². The predicted molar refractivity (Wildman–Crippen MR) is 95.4 cm³/mol. The summed E-state index contributed by atoms with van der Waals surface area (Å²) in [5.74, 6) is -0.391. The number of carbonyl (C=O) groups is 1. The van der Waals surface area contributed by atoms with Gasteiger partial charge in [-0.3, -0.25) is 19.5 Å². The van der Waals surface area contributed by atoms with Crippen molar-refractivity contribution in [1.82, 2.24) is 4.57 Å². The second-order valence-corrected chi connectivity index (χ2v) is 6.35. The molecule has 2 N–H and O–H groups in total. The van der Waals surface area contributed by atoms with Crippen molar-refractivity contribution >= 4 is 50.0 Å². The van der Waals surface area contributed by atoms with E-state index in [1.807, 2.05) is 6.07 Å². The molecule has 2 aromatic carbocycles. The molecule has 0 bridgehead atoms. The summed E-state index contributed by atoms with van der Waals surface area (Å²) in [6, 6.07) is 9.45. The molecule has 8 heteroatoms. The largest absolute Gasteiger partial charge is 0.326 e. The zero-order valence-corrected chi connectivity index (χ0v) is 14.5. The van der Waals surface area contributed by atoms with E-state index in [1.165, 1.54) is 22.8 Å². The molecule has 0 saturated carbocycles. The van der Waals surface area contributed by atoms with Crippen LogP contribution in [-0.4, -0.2) is 15.4 Å². The lowest BCUT2D eigenvalue weighted by Crippen LogP contribution is -2.11. The average Bonchev–Trinajstić information content (AvgIpc) is 2.94. The van der Waals surface area contributed by atoms with Crippen molar-refractivity contribution in [2.75, 3.05) is 0 Å². The molecule has 122 valence electrons. The van der Waals surface area contributed by atoms with Crippen molar-refractivity contribution in [3.05, 3.63) is 73.3 Å². The molecule has 24 heavy (non-hydrogen) atoms. The molecular formula is C16H11BrClN3O3. The van der Waals surface area contributed by atoms with Gasteiger partial charge in [-0.15, -0.1) is 0 Å². The molecule has 1 heterocycles. The van der Waals surface area contributed by atoms with E-state index in [0.717, 1.165) is 15.4 Å². The first-order valence-electron chi connectivity index (χ1n) is 6.91. The third kappa shape index (κ3) is 2.71. The lowest BCUT2D eigenvalue weighted by Gasteiger charge is -2.05. The van der Waals surface area contributed by atoms with Crippen molar-refractivity contribution in [3.8, 4) is 0 Å². The number of hydrogen-bond acceptors (Lipinski definition) is 4. The van der Waals surface area contributed by atoms with Crippen LogP contribution in [0.1, 0.15) is 15.9 Å². The van der Waals surface area contributed by atoms with Crippen molar-refractivity contribution in [3.63, 3.8) is 0 Å². The number of aromatic nitrogens is 1. The maximum absolute atomic E-state index is 12.8. The van der Waals surface area contributed by atoms with Gasteiger partial charge >= 0.3 is 0 Å². The number of nitro groups is 1. The highest BCUT2D eigenvalue weighted by atomic mass is 79.9. The van der Waals surface area contributed by atoms with Crippen LogP contribution < -0.4 is 5.73 Å². The van der Waals surface area contributed by atoms with Crippen LogP contribution in [0.3, 0.4) is 0 Å². The summed E-state index contributed by atoms with van der Waals surface area (Å²) in [7, 11) is 0.